The van der Waals surface area contributed by atoms with Gasteiger partial charge in [-0.2, -0.15) is 0 Å². The van der Waals surface area contributed by atoms with E-state index < -0.39 is 94.9 Å². The summed E-state index contributed by atoms with van der Waals surface area (Å²) in [4.78, 5) is 62.9. The van der Waals surface area contributed by atoms with Crippen LogP contribution in [0.5, 0.6) is 0 Å². The van der Waals surface area contributed by atoms with E-state index in [1.807, 2.05) is 0 Å². The molecule has 2 heterocycles. The number of aliphatic hydroxyl groups is 1. The summed E-state index contributed by atoms with van der Waals surface area (Å²) in [6, 6.07) is 0. The molecule has 222 valence electrons. The molecule has 4 aliphatic rings. The Labute approximate surface area is 232 Å². The molecule has 11 unspecified atom stereocenters. The molecule has 11 atom stereocenters. The minimum Gasteiger partial charge on any atom is -0.462 e. The predicted molar refractivity (Wildman–Crippen MR) is 134 cm³/mol. The van der Waals surface area contributed by atoms with Gasteiger partial charge in [0, 0.05) is 46.5 Å². The fourth-order valence-electron chi connectivity index (χ4n) is 7.32. The van der Waals surface area contributed by atoms with Crippen molar-refractivity contribution in [1.82, 2.24) is 0 Å². The molecule has 0 amide bonds. The Bertz CT molecular complexity index is 1150. The molecule has 1 spiro atoms. The molecule has 2 aliphatic heterocycles. The zero-order valence-electron chi connectivity index (χ0n) is 24.0. The quantitative estimate of drug-likeness (QED) is 0.226. The number of carbonyl (C=O) groups is 5. The fraction of sp³-hybridized carbons (Fsp3) is 0.750. The molecule has 12 nitrogen and oxygen atoms in total. The van der Waals surface area contributed by atoms with Crippen LogP contribution in [0.25, 0.3) is 0 Å². The zero-order chi connectivity index (χ0) is 29.9. The first-order valence-corrected chi connectivity index (χ1v) is 13.4. The standard InChI is InChI=1S/C28H38O12/c1-12-9-19(35-14(3)29)23(37-16(5)31)26(7)20(36-15(4)30)11-18(33)13(2)22(26)24(38-17(6)32)28-21(10-12)39-25(34)27(28,8)40-28/h10,13,18-24,33H,9,11H2,1-8H3. The topological polar surface area (TPSA) is 164 Å². The molecule has 40 heavy (non-hydrogen) atoms. The number of fused-ring (bicyclic) bond motifs is 1. The van der Waals surface area contributed by atoms with Crippen molar-refractivity contribution in [1.29, 1.82) is 0 Å². The molecule has 0 aromatic rings. The van der Waals surface area contributed by atoms with E-state index in [0.29, 0.717) is 5.57 Å². The molecule has 4 rings (SSSR count). The molecule has 2 aliphatic carbocycles. The number of hydrogen-bond donors (Lipinski definition) is 1. The molecule has 0 aromatic heterocycles. The first kappa shape index (κ1) is 30.0. The lowest BCUT2D eigenvalue weighted by molar-refractivity contribution is -0.245. The number of epoxide rings is 1. The Kier molecular flexibility index (Phi) is 7.59. The van der Waals surface area contributed by atoms with Crippen LogP contribution in [0.15, 0.2) is 11.6 Å². The minimum absolute atomic E-state index is 0.0378. The van der Waals surface area contributed by atoms with Gasteiger partial charge in [0.25, 0.3) is 0 Å². The van der Waals surface area contributed by atoms with Crippen LogP contribution in [-0.2, 0) is 52.4 Å². The van der Waals surface area contributed by atoms with Gasteiger partial charge in [-0.3, -0.25) is 19.2 Å². The maximum atomic E-state index is 13.1. The zero-order valence-corrected chi connectivity index (χ0v) is 24.0. The lowest BCUT2D eigenvalue weighted by Gasteiger charge is -2.57. The van der Waals surface area contributed by atoms with Gasteiger partial charge in [-0.1, -0.05) is 19.4 Å². The van der Waals surface area contributed by atoms with Crippen LogP contribution in [0.1, 0.15) is 68.2 Å². The summed E-state index contributed by atoms with van der Waals surface area (Å²) in [5, 5.41) is 11.3. The monoisotopic (exact) mass is 566 g/mol. The number of carbonyl (C=O) groups excluding carboxylic acids is 5. The van der Waals surface area contributed by atoms with E-state index in [2.05, 4.69) is 0 Å². The average Bonchev–Trinajstić information content (AvgIpc) is 3.40. The maximum Gasteiger partial charge on any atom is 0.342 e. The van der Waals surface area contributed by atoms with E-state index in [1.165, 1.54) is 27.7 Å². The van der Waals surface area contributed by atoms with Gasteiger partial charge in [0.15, 0.2) is 17.3 Å². The van der Waals surface area contributed by atoms with Gasteiger partial charge in [-0.05, 0) is 25.8 Å². The Morgan fingerprint density at radius 3 is 2.00 bits per heavy atom. The van der Waals surface area contributed by atoms with Crippen LogP contribution in [0.4, 0.5) is 0 Å². The highest BCUT2D eigenvalue weighted by atomic mass is 16.7. The van der Waals surface area contributed by atoms with Crippen LogP contribution >= 0.6 is 0 Å². The van der Waals surface area contributed by atoms with Crippen LogP contribution in [0, 0.1) is 17.3 Å². The molecule has 12 heteroatoms. The molecule has 1 N–H and O–H groups in total. The van der Waals surface area contributed by atoms with E-state index in [1.54, 1.807) is 33.8 Å². The highest BCUT2D eigenvalue weighted by molar-refractivity contribution is 5.89. The van der Waals surface area contributed by atoms with Crippen LogP contribution in [0.2, 0.25) is 0 Å². The molecular weight excluding hydrogens is 528 g/mol. The van der Waals surface area contributed by atoms with Crippen molar-refractivity contribution < 1.29 is 57.5 Å². The molecule has 1 saturated carbocycles. The van der Waals surface area contributed by atoms with Gasteiger partial charge < -0.3 is 33.5 Å². The largest absolute Gasteiger partial charge is 0.462 e. The summed E-state index contributed by atoms with van der Waals surface area (Å²) in [5.74, 6) is -4.93. The second-order valence-electron chi connectivity index (χ2n) is 11.8. The van der Waals surface area contributed by atoms with Gasteiger partial charge in [0.05, 0.1) is 11.5 Å². The summed E-state index contributed by atoms with van der Waals surface area (Å²) < 4.78 is 35.3. The van der Waals surface area contributed by atoms with Gasteiger partial charge >= 0.3 is 29.8 Å². The van der Waals surface area contributed by atoms with Crippen molar-refractivity contribution in [3.63, 3.8) is 0 Å². The summed E-state index contributed by atoms with van der Waals surface area (Å²) in [7, 11) is 0. The molecule has 0 radical (unpaired) electrons. The highest BCUT2D eigenvalue weighted by Gasteiger charge is 2.87. The van der Waals surface area contributed by atoms with E-state index >= 15 is 0 Å². The highest BCUT2D eigenvalue weighted by Crippen LogP contribution is 2.65. The first-order chi connectivity index (χ1) is 18.5. The fourth-order valence-corrected chi connectivity index (χ4v) is 7.32. The van der Waals surface area contributed by atoms with E-state index in [0.717, 1.165) is 0 Å². The summed E-state index contributed by atoms with van der Waals surface area (Å²) in [6.45, 7) is 11.6. The first-order valence-electron chi connectivity index (χ1n) is 13.4. The van der Waals surface area contributed by atoms with Gasteiger partial charge in [0.2, 0.25) is 0 Å². The third kappa shape index (κ3) is 4.58. The Morgan fingerprint density at radius 2 is 1.48 bits per heavy atom. The normalized spacial score (nSPS) is 43.9. The molecule has 3 fully saturated rings. The molecule has 2 saturated heterocycles. The lowest BCUT2D eigenvalue weighted by Crippen LogP contribution is -2.68. The van der Waals surface area contributed by atoms with Gasteiger partial charge in [-0.25, -0.2) is 4.79 Å². The maximum absolute atomic E-state index is 13.1. The van der Waals surface area contributed by atoms with Gasteiger partial charge in [0.1, 0.15) is 24.4 Å². The van der Waals surface area contributed by atoms with Crippen molar-refractivity contribution in [3.05, 3.63) is 11.6 Å². The average molecular weight is 567 g/mol. The Hall–Kier alpha value is -2.99. The third-order valence-corrected chi connectivity index (χ3v) is 9.03. The Balaban J connectivity index is 2.06. The second-order valence-corrected chi connectivity index (χ2v) is 11.8. The SMILES string of the molecule is CC(=O)OC1CC(C)=CC2OC(=O)C3(C)OC23C(OC(C)=O)C2C(C)C(O)CC(OC(C)=O)C2(C)C1OC(C)=O. The lowest BCUT2D eigenvalue weighted by atomic mass is 9.53. The second kappa shape index (κ2) is 10.1. The van der Waals surface area contributed by atoms with Crippen molar-refractivity contribution in [2.45, 2.75) is 116 Å². The van der Waals surface area contributed by atoms with Crippen molar-refractivity contribution in [2.75, 3.05) is 0 Å². The smallest absolute Gasteiger partial charge is 0.342 e. The van der Waals surface area contributed by atoms with Crippen molar-refractivity contribution >= 4 is 29.8 Å². The van der Waals surface area contributed by atoms with Crippen LogP contribution in [-0.4, -0.2) is 82.8 Å². The van der Waals surface area contributed by atoms with E-state index in [-0.39, 0.29) is 12.8 Å². The number of hydrogen-bond acceptors (Lipinski definition) is 12. The number of rotatable bonds is 4. The van der Waals surface area contributed by atoms with E-state index in [4.69, 9.17) is 28.4 Å². The predicted octanol–water partition coefficient (Wildman–Crippen LogP) is 1.54. The molecular formula is C28H38O12. The van der Waals surface area contributed by atoms with Crippen LogP contribution < -0.4 is 0 Å². The number of esters is 5. The van der Waals surface area contributed by atoms with Crippen molar-refractivity contribution in [3.8, 4) is 0 Å². The minimum atomic E-state index is -1.48. The Morgan fingerprint density at radius 1 is 0.925 bits per heavy atom. The van der Waals surface area contributed by atoms with Crippen molar-refractivity contribution in [2.24, 2.45) is 17.3 Å². The number of ether oxygens (including phenoxy) is 6. The summed E-state index contributed by atoms with van der Waals surface area (Å²) >= 11 is 0. The van der Waals surface area contributed by atoms with Crippen LogP contribution in [0.3, 0.4) is 0 Å². The number of aliphatic hydroxyl groups excluding tert-OH is 1. The van der Waals surface area contributed by atoms with Gasteiger partial charge in [-0.15, -0.1) is 0 Å². The summed E-state index contributed by atoms with van der Waals surface area (Å²) in [6.07, 6.45) is -4.96. The van der Waals surface area contributed by atoms with E-state index in [9.17, 15) is 29.1 Å². The molecule has 0 aromatic carbocycles. The molecule has 0 bridgehead atoms. The summed E-state index contributed by atoms with van der Waals surface area (Å²) in [5.41, 5.74) is -3.76. The third-order valence-electron chi connectivity index (χ3n) is 9.03.